The standard InChI is InChI=1S/C25H29ClN2O4/c1-31-25(30)21-4-2-18(3-5-21)17-32-23(19-8-10-22(26)11-9-19)16-27-12-14-28(15-13-27)24(29)20-6-7-20/h2-5,8-11,20,23H,6-7,12-17H2,1H3/t23-/m0/s1. The van der Waals surface area contributed by atoms with E-state index in [9.17, 15) is 9.59 Å². The molecule has 7 heteroatoms. The molecule has 2 aliphatic rings. The van der Waals surface area contributed by atoms with Gasteiger partial charge in [0.15, 0.2) is 0 Å². The summed E-state index contributed by atoms with van der Waals surface area (Å²) < 4.78 is 11.1. The third-order valence-electron chi connectivity index (χ3n) is 6.10. The van der Waals surface area contributed by atoms with Gasteiger partial charge in [-0.2, -0.15) is 0 Å². The van der Waals surface area contributed by atoms with Crippen molar-refractivity contribution in [3.05, 3.63) is 70.2 Å². The molecule has 0 bridgehead atoms. The summed E-state index contributed by atoms with van der Waals surface area (Å²) in [5.41, 5.74) is 2.57. The number of benzene rings is 2. The number of carbonyl (C=O) groups excluding carboxylic acids is 2. The number of amides is 1. The van der Waals surface area contributed by atoms with Crippen molar-refractivity contribution < 1.29 is 19.1 Å². The van der Waals surface area contributed by atoms with E-state index in [2.05, 4.69) is 4.90 Å². The van der Waals surface area contributed by atoms with E-state index in [0.717, 1.165) is 56.7 Å². The molecule has 1 saturated heterocycles. The van der Waals surface area contributed by atoms with E-state index in [4.69, 9.17) is 21.1 Å². The molecular weight excluding hydrogens is 428 g/mol. The number of halogens is 1. The molecule has 2 fully saturated rings. The predicted molar refractivity (Wildman–Crippen MR) is 123 cm³/mol. The topological polar surface area (TPSA) is 59.1 Å². The van der Waals surface area contributed by atoms with E-state index in [1.807, 2.05) is 41.3 Å². The van der Waals surface area contributed by atoms with Gasteiger partial charge >= 0.3 is 5.97 Å². The highest BCUT2D eigenvalue weighted by Gasteiger charge is 2.34. The zero-order chi connectivity index (χ0) is 22.5. The van der Waals surface area contributed by atoms with Crippen molar-refractivity contribution in [3.8, 4) is 0 Å². The molecule has 1 atom stereocenters. The Morgan fingerprint density at radius 2 is 1.66 bits per heavy atom. The Bertz CT molecular complexity index is 920. The van der Waals surface area contributed by atoms with Crippen LogP contribution in [0.15, 0.2) is 48.5 Å². The lowest BCUT2D eigenvalue weighted by Crippen LogP contribution is -2.50. The number of esters is 1. The second kappa shape index (κ2) is 10.5. The molecule has 0 radical (unpaired) electrons. The van der Waals surface area contributed by atoms with E-state index >= 15 is 0 Å². The van der Waals surface area contributed by atoms with Crippen molar-refractivity contribution in [1.29, 1.82) is 0 Å². The first-order valence-electron chi connectivity index (χ1n) is 11.1. The van der Waals surface area contributed by atoms with Crippen LogP contribution in [-0.4, -0.2) is 61.5 Å². The van der Waals surface area contributed by atoms with Crippen molar-refractivity contribution >= 4 is 23.5 Å². The quantitative estimate of drug-likeness (QED) is 0.563. The van der Waals surface area contributed by atoms with Crippen LogP contribution in [0.4, 0.5) is 0 Å². The van der Waals surface area contributed by atoms with Gasteiger partial charge in [0.25, 0.3) is 0 Å². The molecule has 1 heterocycles. The minimum absolute atomic E-state index is 0.127. The summed E-state index contributed by atoms with van der Waals surface area (Å²) in [4.78, 5) is 28.3. The van der Waals surface area contributed by atoms with Gasteiger partial charge in [-0.05, 0) is 48.2 Å². The first-order valence-corrected chi connectivity index (χ1v) is 11.5. The SMILES string of the molecule is COC(=O)c1ccc(CO[C@@H](CN2CCN(C(=O)C3CC3)CC2)c2ccc(Cl)cc2)cc1. The number of hydrogen-bond acceptors (Lipinski definition) is 5. The van der Waals surface area contributed by atoms with E-state index < -0.39 is 0 Å². The van der Waals surface area contributed by atoms with Gasteiger partial charge in [0.2, 0.25) is 5.91 Å². The lowest BCUT2D eigenvalue weighted by atomic mass is 10.1. The Kier molecular flexibility index (Phi) is 7.45. The summed E-state index contributed by atoms with van der Waals surface area (Å²) in [6.07, 6.45) is 1.97. The summed E-state index contributed by atoms with van der Waals surface area (Å²) in [5.74, 6) is 0.249. The lowest BCUT2D eigenvalue weighted by molar-refractivity contribution is -0.134. The second-order valence-corrected chi connectivity index (χ2v) is 8.88. The molecule has 0 spiro atoms. The lowest BCUT2D eigenvalue weighted by Gasteiger charge is -2.36. The van der Waals surface area contributed by atoms with E-state index in [-0.39, 0.29) is 18.0 Å². The Hall–Kier alpha value is -2.41. The van der Waals surface area contributed by atoms with Crippen LogP contribution in [0, 0.1) is 5.92 Å². The Morgan fingerprint density at radius 3 is 2.25 bits per heavy atom. The molecule has 4 rings (SSSR count). The number of rotatable bonds is 8. The fourth-order valence-corrected chi connectivity index (χ4v) is 4.08. The number of piperazine rings is 1. The third-order valence-corrected chi connectivity index (χ3v) is 6.35. The van der Waals surface area contributed by atoms with Crippen LogP contribution in [0.5, 0.6) is 0 Å². The molecule has 0 aromatic heterocycles. The molecule has 1 saturated carbocycles. The maximum Gasteiger partial charge on any atom is 0.337 e. The highest BCUT2D eigenvalue weighted by Crippen LogP contribution is 2.31. The number of methoxy groups -OCH3 is 1. The average molecular weight is 457 g/mol. The van der Waals surface area contributed by atoms with Gasteiger partial charge in [-0.15, -0.1) is 0 Å². The molecule has 1 aliphatic heterocycles. The fraction of sp³-hybridized carbons (Fsp3) is 0.440. The van der Waals surface area contributed by atoms with Crippen LogP contribution in [-0.2, 0) is 20.9 Å². The second-order valence-electron chi connectivity index (χ2n) is 8.44. The minimum atomic E-state index is -0.351. The summed E-state index contributed by atoms with van der Waals surface area (Å²) in [7, 11) is 1.37. The Morgan fingerprint density at radius 1 is 1.00 bits per heavy atom. The number of carbonyl (C=O) groups is 2. The van der Waals surface area contributed by atoms with Gasteiger partial charge in [0.1, 0.15) is 0 Å². The van der Waals surface area contributed by atoms with Gasteiger partial charge in [-0.3, -0.25) is 9.69 Å². The van der Waals surface area contributed by atoms with Gasteiger partial charge in [0.05, 0.1) is 25.4 Å². The van der Waals surface area contributed by atoms with Gasteiger partial charge in [-0.25, -0.2) is 4.79 Å². The van der Waals surface area contributed by atoms with E-state index in [1.54, 1.807) is 12.1 Å². The molecule has 170 valence electrons. The van der Waals surface area contributed by atoms with E-state index in [0.29, 0.717) is 23.1 Å². The molecule has 2 aromatic carbocycles. The monoisotopic (exact) mass is 456 g/mol. The predicted octanol–water partition coefficient (Wildman–Crippen LogP) is 3.94. The first kappa shape index (κ1) is 22.8. The smallest absolute Gasteiger partial charge is 0.337 e. The van der Waals surface area contributed by atoms with Crippen molar-refractivity contribution in [3.63, 3.8) is 0 Å². The van der Waals surface area contributed by atoms with Crippen molar-refractivity contribution in [2.24, 2.45) is 5.92 Å². The van der Waals surface area contributed by atoms with Crippen LogP contribution in [0.1, 0.15) is 40.4 Å². The number of hydrogen-bond donors (Lipinski definition) is 0. The maximum atomic E-state index is 12.3. The summed E-state index contributed by atoms with van der Waals surface area (Å²) >= 11 is 6.08. The highest BCUT2D eigenvalue weighted by atomic mass is 35.5. The van der Waals surface area contributed by atoms with Gasteiger partial charge in [-0.1, -0.05) is 35.9 Å². The molecular formula is C25H29ClN2O4. The molecule has 1 aliphatic carbocycles. The maximum absolute atomic E-state index is 12.3. The highest BCUT2D eigenvalue weighted by molar-refractivity contribution is 6.30. The third kappa shape index (κ3) is 5.88. The minimum Gasteiger partial charge on any atom is -0.465 e. The molecule has 6 nitrogen and oxygen atoms in total. The summed E-state index contributed by atoms with van der Waals surface area (Å²) in [6, 6.07) is 15.0. The van der Waals surface area contributed by atoms with E-state index in [1.165, 1.54) is 7.11 Å². The molecule has 1 amide bonds. The number of nitrogens with zero attached hydrogens (tertiary/aromatic N) is 2. The molecule has 32 heavy (non-hydrogen) atoms. The van der Waals surface area contributed by atoms with Crippen LogP contribution in [0.25, 0.3) is 0 Å². The zero-order valence-electron chi connectivity index (χ0n) is 18.3. The largest absolute Gasteiger partial charge is 0.465 e. The van der Waals surface area contributed by atoms with Crippen LogP contribution in [0.3, 0.4) is 0 Å². The van der Waals surface area contributed by atoms with Crippen molar-refractivity contribution in [2.45, 2.75) is 25.6 Å². The van der Waals surface area contributed by atoms with Crippen LogP contribution in [0.2, 0.25) is 5.02 Å². The van der Waals surface area contributed by atoms with Crippen LogP contribution >= 0.6 is 11.6 Å². The zero-order valence-corrected chi connectivity index (χ0v) is 19.1. The van der Waals surface area contributed by atoms with Gasteiger partial charge in [0, 0.05) is 43.7 Å². The number of ether oxygens (including phenoxy) is 2. The van der Waals surface area contributed by atoms with Crippen molar-refractivity contribution in [1.82, 2.24) is 9.80 Å². The van der Waals surface area contributed by atoms with Crippen molar-refractivity contribution in [2.75, 3.05) is 39.8 Å². The Labute approximate surface area is 194 Å². The normalized spacial score (nSPS) is 17.8. The molecule has 2 aromatic rings. The summed E-state index contributed by atoms with van der Waals surface area (Å²) in [6.45, 7) is 4.41. The van der Waals surface area contributed by atoms with Crippen LogP contribution < -0.4 is 0 Å². The average Bonchev–Trinajstić information content (AvgIpc) is 3.68. The molecule has 0 unspecified atom stereocenters. The Balaban J connectivity index is 1.37. The molecule has 0 N–H and O–H groups in total. The summed E-state index contributed by atoms with van der Waals surface area (Å²) in [5, 5.41) is 0.693. The fourth-order valence-electron chi connectivity index (χ4n) is 3.96. The first-order chi connectivity index (χ1) is 15.5. The van der Waals surface area contributed by atoms with Gasteiger partial charge < -0.3 is 14.4 Å².